The molecule has 0 radical (unpaired) electrons. The zero-order valence-corrected chi connectivity index (χ0v) is 13.7. The molecule has 0 heterocycles. The van der Waals surface area contributed by atoms with Crippen molar-refractivity contribution in [1.82, 2.24) is 5.32 Å². The quantitative estimate of drug-likeness (QED) is 0.584. The van der Waals surface area contributed by atoms with E-state index in [9.17, 15) is 14.9 Å². The van der Waals surface area contributed by atoms with Crippen molar-refractivity contribution in [2.75, 3.05) is 6.61 Å². The van der Waals surface area contributed by atoms with Crippen molar-refractivity contribution in [3.8, 4) is 5.75 Å². The molecule has 7 heteroatoms. The van der Waals surface area contributed by atoms with Gasteiger partial charge in [0.05, 0.1) is 9.95 Å². The summed E-state index contributed by atoms with van der Waals surface area (Å²) in [6.07, 6.45) is 1.94. The van der Waals surface area contributed by atoms with E-state index >= 15 is 0 Å². The molecule has 0 bridgehead atoms. The third-order valence-corrected chi connectivity index (χ3v) is 3.36. The highest BCUT2D eigenvalue weighted by Crippen LogP contribution is 2.28. The van der Waals surface area contributed by atoms with Crippen LogP contribution in [0.3, 0.4) is 0 Å². The Kier molecular flexibility index (Phi) is 7.11. The fraction of sp³-hybridized carbons (Fsp3) is 0.533. The van der Waals surface area contributed by atoms with Gasteiger partial charge in [-0.05, 0) is 31.7 Å². The van der Waals surface area contributed by atoms with Gasteiger partial charge in [-0.2, -0.15) is 0 Å². The predicted octanol–water partition coefficient (Wildman–Crippen LogP) is 3.57. The van der Waals surface area contributed by atoms with E-state index in [1.54, 1.807) is 0 Å². The van der Waals surface area contributed by atoms with Crippen LogP contribution in [0.4, 0.5) is 5.69 Å². The van der Waals surface area contributed by atoms with Crippen LogP contribution in [0.15, 0.2) is 18.2 Å². The molecule has 0 saturated heterocycles. The lowest BCUT2D eigenvalue weighted by molar-refractivity contribution is -0.384. The molecule has 22 heavy (non-hydrogen) atoms. The first-order valence-electron chi connectivity index (χ1n) is 7.15. The van der Waals surface area contributed by atoms with E-state index in [0.717, 1.165) is 12.8 Å². The minimum absolute atomic E-state index is 0.0748. The molecule has 0 saturated carbocycles. The van der Waals surface area contributed by atoms with Crippen LogP contribution in [0.25, 0.3) is 0 Å². The van der Waals surface area contributed by atoms with Crippen LogP contribution in [0.2, 0.25) is 5.02 Å². The van der Waals surface area contributed by atoms with Crippen LogP contribution in [0, 0.1) is 16.0 Å². The molecular weight excluding hydrogens is 308 g/mol. The highest BCUT2D eigenvalue weighted by molar-refractivity contribution is 6.32. The Morgan fingerprint density at radius 1 is 1.36 bits per heavy atom. The van der Waals surface area contributed by atoms with E-state index in [-0.39, 0.29) is 35.0 Å². The number of amides is 1. The number of nitrogens with one attached hydrogen (secondary N) is 1. The molecule has 1 aromatic rings. The summed E-state index contributed by atoms with van der Waals surface area (Å²) in [5, 5.41) is 13.5. The molecule has 1 aromatic carbocycles. The van der Waals surface area contributed by atoms with Gasteiger partial charge in [-0.3, -0.25) is 14.9 Å². The van der Waals surface area contributed by atoms with Crippen LogP contribution in [0.5, 0.6) is 5.75 Å². The number of ether oxygens (including phenoxy) is 1. The van der Waals surface area contributed by atoms with Gasteiger partial charge >= 0.3 is 0 Å². The van der Waals surface area contributed by atoms with Crippen molar-refractivity contribution >= 4 is 23.2 Å². The molecule has 0 aliphatic heterocycles. The Hall–Kier alpha value is -1.82. The number of nitro benzene ring substituents is 1. The Morgan fingerprint density at radius 2 is 2.05 bits per heavy atom. The molecule has 1 N–H and O–H groups in total. The Bertz CT molecular complexity index is 534. The fourth-order valence-electron chi connectivity index (χ4n) is 1.84. The van der Waals surface area contributed by atoms with Gasteiger partial charge in [0.2, 0.25) is 0 Å². The molecule has 1 amide bonds. The lowest BCUT2D eigenvalue weighted by Crippen LogP contribution is -2.36. The van der Waals surface area contributed by atoms with E-state index in [2.05, 4.69) is 19.2 Å². The number of hydrogen-bond acceptors (Lipinski definition) is 4. The molecule has 0 aromatic heterocycles. The number of nitro groups is 1. The maximum Gasteiger partial charge on any atom is 0.271 e. The van der Waals surface area contributed by atoms with Crippen LogP contribution in [-0.2, 0) is 4.79 Å². The van der Waals surface area contributed by atoms with Crippen molar-refractivity contribution in [3.05, 3.63) is 33.3 Å². The number of carbonyl (C=O) groups excluding carboxylic acids is 1. The monoisotopic (exact) mass is 328 g/mol. The third-order valence-electron chi connectivity index (χ3n) is 3.07. The standard InChI is InChI=1S/C15H21ClN2O4/c1-10(2)4-5-11(3)17-15(19)9-22-14-7-6-12(18(20)21)8-13(14)16/h6-8,10-11H,4-5,9H2,1-3H3,(H,17,19)/t11-/m0/s1. The van der Waals surface area contributed by atoms with E-state index in [1.165, 1.54) is 18.2 Å². The molecule has 1 rings (SSSR count). The molecule has 6 nitrogen and oxygen atoms in total. The number of carbonyl (C=O) groups is 1. The molecule has 0 aliphatic carbocycles. The molecule has 0 spiro atoms. The largest absolute Gasteiger partial charge is 0.482 e. The van der Waals surface area contributed by atoms with Gasteiger partial charge in [-0.1, -0.05) is 25.4 Å². The van der Waals surface area contributed by atoms with Gasteiger partial charge in [-0.15, -0.1) is 0 Å². The lowest BCUT2D eigenvalue weighted by Gasteiger charge is -2.15. The van der Waals surface area contributed by atoms with Crippen molar-refractivity contribution in [2.45, 2.75) is 39.7 Å². The summed E-state index contributed by atoms with van der Waals surface area (Å²) in [6.45, 7) is 6.03. The van der Waals surface area contributed by atoms with Gasteiger partial charge in [0.1, 0.15) is 5.75 Å². The van der Waals surface area contributed by atoms with Crippen molar-refractivity contribution < 1.29 is 14.5 Å². The first-order chi connectivity index (χ1) is 10.3. The van der Waals surface area contributed by atoms with Gasteiger partial charge < -0.3 is 10.1 Å². The minimum atomic E-state index is -0.543. The van der Waals surface area contributed by atoms with Crippen LogP contribution < -0.4 is 10.1 Å². The summed E-state index contributed by atoms with van der Waals surface area (Å²) >= 11 is 5.89. The first-order valence-corrected chi connectivity index (χ1v) is 7.53. The second kappa shape index (κ2) is 8.58. The molecule has 0 unspecified atom stereocenters. The van der Waals surface area contributed by atoms with E-state index < -0.39 is 4.92 Å². The van der Waals surface area contributed by atoms with Gasteiger partial charge in [0, 0.05) is 18.2 Å². The van der Waals surface area contributed by atoms with E-state index in [0.29, 0.717) is 5.92 Å². The minimum Gasteiger partial charge on any atom is -0.482 e. The summed E-state index contributed by atoms with van der Waals surface area (Å²) in [5.41, 5.74) is -0.121. The summed E-state index contributed by atoms with van der Waals surface area (Å²) in [5.74, 6) is 0.595. The predicted molar refractivity (Wildman–Crippen MR) is 85.3 cm³/mol. The van der Waals surface area contributed by atoms with Crippen molar-refractivity contribution in [3.63, 3.8) is 0 Å². The van der Waals surface area contributed by atoms with Crippen molar-refractivity contribution in [1.29, 1.82) is 0 Å². The first kappa shape index (κ1) is 18.2. The zero-order valence-electron chi connectivity index (χ0n) is 13.0. The smallest absolute Gasteiger partial charge is 0.271 e. The van der Waals surface area contributed by atoms with Crippen LogP contribution in [-0.4, -0.2) is 23.5 Å². The Labute approximate surface area is 134 Å². The number of nitrogens with zero attached hydrogens (tertiary/aromatic N) is 1. The average Bonchev–Trinajstić information content (AvgIpc) is 2.43. The number of non-ortho nitro benzene ring substituents is 1. The van der Waals surface area contributed by atoms with Gasteiger partial charge in [-0.25, -0.2) is 0 Å². The van der Waals surface area contributed by atoms with Gasteiger partial charge in [0.15, 0.2) is 6.61 Å². The fourth-order valence-corrected chi connectivity index (χ4v) is 2.07. The second-order valence-electron chi connectivity index (χ2n) is 5.60. The zero-order chi connectivity index (χ0) is 16.7. The molecule has 0 aliphatic rings. The van der Waals surface area contributed by atoms with Crippen molar-refractivity contribution in [2.24, 2.45) is 5.92 Å². The average molecular weight is 329 g/mol. The van der Waals surface area contributed by atoms with E-state index in [1.807, 2.05) is 6.92 Å². The Balaban J connectivity index is 2.45. The summed E-state index contributed by atoms with van der Waals surface area (Å²) < 4.78 is 5.29. The SMILES string of the molecule is CC(C)CC[C@H](C)NC(=O)COc1ccc([N+](=O)[O-])cc1Cl. The number of hydrogen-bond donors (Lipinski definition) is 1. The third kappa shape index (κ3) is 6.30. The second-order valence-corrected chi connectivity index (χ2v) is 6.01. The molecule has 1 atom stereocenters. The highest BCUT2D eigenvalue weighted by atomic mass is 35.5. The molecule has 0 fully saturated rings. The maximum absolute atomic E-state index is 11.8. The molecule has 122 valence electrons. The number of halogens is 1. The number of rotatable bonds is 8. The van der Waals surface area contributed by atoms with Crippen LogP contribution >= 0.6 is 11.6 Å². The summed E-state index contributed by atoms with van der Waals surface area (Å²) in [7, 11) is 0. The Morgan fingerprint density at radius 3 is 2.59 bits per heavy atom. The summed E-state index contributed by atoms with van der Waals surface area (Å²) in [4.78, 5) is 21.8. The van der Waals surface area contributed by atoms with E-state index in [4.69, 9.17) is 16.3 Å². The van der Waals surface area contributed by atoms with Crippen LogP contribution in [0.1, 0.15) is 33.6 Å². The number of benzene rings is 1. The lowest BCUT2D eigenvalue weighted by atomic mass is 10.0. The normalized spacial score (nSPS) is 12.0. The topological polar surface area (TPSA) is 81.5 Å². The maximum atomic E-state index is 11.8. The molecular formula is C15H21ClN2O4. The highest BCUT2D eigenvalue weighted by Gasteiger charge is 2.13. The summed E-state index contributed by atoms with van der Waals surface area (Å²) in [6, 6.07) is 3.94. The van der Waals surface area contributed by atoms with Gasteiger partial charge in [0.25, 0.3) is 11.6 Å².